The molecule has 0 aromatic heterocycles. The highest BCUT2D eigenvalue weighted by atomic mass is 16.1. The number of fused-ring (bicyclic) bond motifs is 3. The average Bonchev–Trinajstić information content (AvgIpc) is 3.07. The van der Waals surface area contributed by atoms with Crippen LogP contribution in [-0.2, 0) is 4.79 Å². The molecule has 0 aromatic carbocycles. The molecular weight excluding hydrogens is 282 g/mol. The molecule has 0 radical (unpaired) electrons. The van der Waals surface area contributed by atoms with Crippen molar-refractivity contribution in [2.75, 3.05) is 6.54 Å². The van der Waals surface area contributed by atoms with Crippen molar-refractivity contribution < 1.29 is 4.79 Å². The normalized spacial score (nSPS) is 37.5. The molecule has 126 valence electrons. The Kier molecular flexibility index (Phi) is 4.34. The highest BCUT2D eigenvalue weighted by Crippen LogP contribution is 2.46. The van der Waals surface area contributed by atoms with Gasteiger partial charge < -0.3 is 4.90 Å². The summed E-state index contributed by atoms with van der Waals surface area (Å²) >= 11 is 0. The SMILES string of the molecule is CC1CC[C@@H]2C(=CCC3C(=O)CC=CC32)N1CCC1CCCC1. The average molecular weight is 313 g/mol. The molecule has 4 atom stereocenters. The monoisotopic (exact) mass is 313 g/mol. The fourth-order valence-electron chi connectivity index (χ4n) is 5.61. The molecule has 1 aliphatic heterocycles. The predicted octanol–water partition coefficient (Wildman–Crippen LogP) is 4.72. The second-order valence-corrected chi connectivity index (χ2v) is 8.31. The van der Waals surface area contributed by atoms with Gasteiger partial charge in [0.05, 0.1) is 0 Å². The van der Waals surface area contributed by atoms with Crippen LogP contribution in [0.25, 0.3) is 0 Å². The van der Waals surface area contributed by atoms with Crippen molar-refractivity contribution in [3.05, 3.63) is 23.9 Å². The summed E-state index contributed by atoms with van der Waals surface area (Å²) < 4.78 is 0. The van der Waals surface area contributed by atoms with Crippen molar-refractivity contribution in [3.8, 4) is 0 Å². The summed E-state index contributed by atoms with van der Waals surface area (Å²) in [5.74, 6) is 2.81. The molecular formula is C21H31NO. The second kappa shape index (κ2) is 6.45. The maximum Gasteiger partial charge on any atom is 0.140 e. The Morgan fingerprint density at radius 2 is 1.96 bits per heavy atom. The van der Waals surface area contributed by atoms with Gasteiger partial charge in [0.2, 0.25) is 0 Å². The maximum absolute atomic E-state index is 12.3. The predicted molar refractivity (Wildman–Crippen MR) is 93.9 cm³/mol. The van der Waals surface area contributed by atoms with Gasteiger partial charge in [0.1, 0.15) is 5.78 Å². The molecule has 4 aliphatic rings. The number of allylic oxidation sites excluding steroid dienone is 4. The standard InChI is InChI=1S/C21H31NO/c1-15-9-10-18-17-7-4-8-21(23)19(17)11-12-20(18)22(15)14-13-16-5-2-3-6-16/h4,7,12,15-19H,2-3,5-6,8-11,13-14H2,1H3/t15?,17?,18-,19?/m0/s1. The zero-order chi connectivity index (χ0) is 15.8. The lowest BCUT2D eigenvalue weighted by atomic mass is 9.66. The highest BCUT2D eigenvalue weighted by molar-refractivity contribution is 5.84. The summed E-state index contributed by atoms with van der Waals surface area (Å²) in [4.78, 5) is 15.0. The first-order chi connectivity index (χ1) is 11.2. The summed E-state index contributed by atoms with van der Waals surface area (Å²) in [6.07, 6.45) is 18.3. The number of carbonyl (C=O) groups is 1. The van der Waals surface area contributed by atoms with Gasteiger partial charge in [-0.05, 0) is 44.4 Å². The molecule has 0 aromatic rings. The van der Waals surface area contributed by atoms with E-state index >= 15 is 0 Å². The third-order valence-electron chi connectivity index (χ3n) is 6.99. The first-order valence-corrected chi connectivity index (χ1v) is 9.90. The van der Waals surface area contributed by atoms with Gasteiger partial charge >= 0.3 is 0 Å². The lowest BCUT2D eigenvalue weighted by molar-refractivity contribution is -0.124. The van der Waals surface area contributed by atoms with E-state index in [2.05, 4.69) is 30.1 Å². The van der Waals surface area contributed by atoms with Gasteiger partial charge in [-0.25, -0.2) is 0 Å². The first-order valence-electron chi connectivity index (χ1n) is 9.90. The molecule has 0 bridgehead atoms. The smallest absolute Gasteiger partial charge is 0.140 e. The Labute approximate surface area is 141 Å². The molecule has 0 amide bonds. The molecule has 1 saturated carbocycles. The molecule has 3 unspecified atom stereocenters. The number of rotatable bonds is 3. The third kappa shape index (κ3) is 2.90. The van der Waals surface area contributed by atoms with E-state index in [-0.39, 0.29) is 5.92 Å². The van der Waals surface area contributed by atoms with Crippen molar-refractivity contribution in [3.63, 3.8) is 0 Å². The summed E-state index contributed by atoms with van der Waals surface area (Å²) in [6, 6.07) is 0.679. The molecule has 2 fully saturated rings. The lowest BCUT2D eigenvalue weighted by Gasteiger charge is -2.48. The third-order valence-corrected chi connectivity index (χ3v) is 6.99. The van der Waals surface area contributed by atoms with E-state index in [0.29, 0.717) is 30.1 Å². The van der Waals surface area contributed by atoms with E-state index in [4.69, 9.17) is 0 Å². The van der Waals surface area contributed by atoms with Crippen molar-refractivity contribution in [2.24, 2.45) is 23.7 Å². The first kappa shape index (κ1) is 15.5. The van der Waals surface area contributed by atoms with E-state index in [9.17, 15) is 4.79 Å². The van der Waals surface area contributed by atoms with E-state index in [1.165, 1.54) is 51.5 Å². The van der Waals surface area contributed by atoms with Crippen LogP contribution in [0.5, 0.6) is 0 Å². The van der Waals surface area contributed by atoms with Crippen molar-refractivity contribution in [2.45, 2.75) is 70.8 Å². The number of likely N-dealkylation sites (tertiary alicyclic amines) is 1. The molecule has 0 N–H and O–H groups in total. The van der Waals surface area contributed by atoms with Crippen LogP contribution in [-0.4, -0.2) is 23.3 Å². The van der Waals surface area contributed by atoms with Gasteiger partial charge in [0.25, 0.3) is 0 Å². The van der Waals surface area contributed by atoms with Crippen molar-refractivity contribution in [1.82, 2.24) is 4.90 Å². The Hall–Kier alpha value is -1.05. The highest BCUT2D eigenvalue weighted by Gasteiger charge is 2.42. The Bertz CT molecular complexity index is 514. The minimum Gasteiger partial charge on any atom is -0.372 e. The zero-order valence-electron chi connectivity index (χ0n) is 14.5. The van der Waals surface area contributed by atoms with Gasteiger partial charge in [0, 0.05) is 36.5 Å². The number of ketones is 1. The van der Waals surface area contributed by atoms with Crippen LogP contribution in [0.15, 0.2) is 23.9 Å². The van der Waals surface area contributed by atoms with E-state index in [1.54, 1.807) is 5.70 Å². The van der Waals surface area contributed by atoms with Crippen molar-refractivity contribution in [1.29, 1.82) is 0 Å². The summed E-state index contributed by atoms with van der Waals surface area (Å²) in [5.41, 5.74) is 1.59. The maximum atomic E-state index is 12.3. The molecule has 4 rings (SSSR count). The van der Waals surface area contributed by atoms with Gasteiger partial charge in [-0.1, -0.05) is 43.9 Å². The fraction of sp³-hybridized carbons (Fsp3) is 0.762. The van der Waals surface area contributed by atoms with E-state index < -0.39 is 0 Å². The Balaban J connectivity index is 1.50. The van der Waals surface area contributed by atoms with Crippen LogP contribution < -0.4 is 0 Å². The second-order valence-electron chi connectivity index (χ2n) is 8.31. The van der Waals surface area contributed by atoms with Crippen LogP contribution in [0.1, 0.15) is 64.7 Å². The summed E-state index contributed by atoms with van der Waals surface area (Å²) in [5, 5.41) is 0. The largest absolute Gasteiger partial charge is 0.372 e. The molecule has 23 heavy (non-hydrogen) atoms. The summed E-state index contributed by atoms with van der Waals surface area (Å²) in [7, 11) is 0. The molecule has 1 saturated heterocycles. The van der Waals surface area contributed by atoms with Gasteiger partial charge in [-0.2, -0.15) is 0 Å². The van der Waals surface area contributed by atoms with Gasteiger partial charge in [0.15, 0.2) is 0 Å². The number of Topliss-reactive ketones (excluding diaryl/α,β-unsaturated/α-hetero) is 1. The molecule has 2 nitrogen and oxygen atoms in total. The fourth-order valence-corrected chi connectivity index (χ4v) is 5.61. The molecule has 3 aliphatic carbocycles. The quantitative estimate of drug-likeness (QED) is 0.703. The number of hydrogen-bond acceptors (Lipinski definition) is 2. The molecule has 0 spiro atoms. The van der Waals surface area contributed by atoms with Gasteiger partial charge in [-0.15, -0.1) is 0 Å². The number of carbonyl (C=O) groups excluding carboxylic acids is 1. The number of piperidine rings is 1. The van der Waals surface area contributed by atoms with Crippen LogP contribution in [0, 0.1) is 23.7 Å². The minimum absolute atomic E-state index is 0.277. The van der Waals surface area contributed by atoms with Crippen LogP contribution in [0.4, 0.5) is 0 Å². The summed E-state index contributed by atoms with van der Waals surface area (Å²) in [6.45, 7) is 3.64. The number of nitrogens with zero attached hydrogens (tertiary/aromatic N) is 1. The van der Waals surface area contributed by atoms with E-state index in [1.807, 2.05) is 0 Å². The van der Waals surface area contributed by atoms with Crippen LogP contribution in [0.2, 0.25) is 0 Å². The molecule has 2 heteroatoms. The van der Waals surface area contributed by atoms with Crippen LogP contribution >= 0.6 is 0 Å². The lowest BCUT2D eigenvalue weighted by Crippen LogP contribution is -2.46. The Morgan fingerprint density at radius 3 is 2.78 bits per heavy atom. The van der Waals surface area contributed by atoms with Gasteiger partial charge in [-0.3, -0.25) is 4.79 Å². The van der Waals surface area contributed by atoms with Crippen molar-refractivity contribution >= 4 is 5.78 Å². The Morgan fingerprint density at radius 1 is 1.13 bits per heavy atom. The zero-order valence-corrected chi connectivity index (χ0v) is 14.5. The number of hydrogen-bond donors (Lipinski definition) is 0. The van der Waals surface area contributed by atoms with E-state index in [0.717, 1.165) is 12.3 Å². The topological polar surface area (TPSA) is 20.3 Å². The van der Waals surface area contributed by atoms with Crippen LogP contribution in [0.3, 0.4) is 0 Å². The minimum atomic E-state index is 0.277. The molecule has 1 heterocycles.